The predicted molar refractivity (Wildman–Crippen MR) is 117 cm³/mol. The van der Waals surface area contributed by atoms with Gasteiger partial charge < -0.3 is 0 Å². The summed E-state index contributed by atoms with van der Waals surface area (Å²) in [5.41, 5.74) is 10.1. The minimum Gasteiger partial charge on any atom is -0.245 e. The largest absolute Gasteiger partial charge is 0.245 e. The van der Waals surface area contributed by atoms with Crippen LogP contribution < -0.4 is 0 Å². The van der Waals surface area contributed by atoms with Crippen LogP contribution in [0.3, 0.4) is 0 Å². The van der Waals surface area contributed by atoms with Crippen LogP contribution in [0.1, 0.15) is 42.2 Å². The Hall–Kier alpha value is -3.33. The van der Waals surface area contributed by atoms with E-state index in [1.807, 2.05) is 24.3 Å². The normalized spacial score (nSPS) is 20.0. The first kappa shape index (κ1) is 15.6. The molecule has 2 bridgehead atoms. The molecule has 0 amide bonds. The topological polar surface area (TPSA) is 38.7 Å². The molecule has 0 unspecified atom stereocenters. The highest BCUT2D eigenvalue weighted by atomic mass is 14.8. The van der Waals surface area contributed by atoms with Crippen molar-refractivity contribution in [2.45, 2.75) is 31.1 Å². The number of hydrogen-bond donors (Lipinski definition) is 0. The summed E-state index contributed by atoms with van der Waals surface area (Å²) in [6.45, 7) is 0. The van der Waals surface area contributed by atoms with Crippen LogP contribution in [-0.2, 0) is 0 Å². The van der Waals surface area contributed by atoms with Gasteiger partial charge in [0.15, 0.2) is 0 Å². The molecule has 1 fully saturated rings. The SMILES string of the molecule is c1ccc(-c2nc3c(ccc4nc5ccccc5nc43)c3c2[C@H]2CC[C@H]3C2)cc1. The molecule has 2 aliphatic rings. The third kappa shape index (κ3) is 2.10. The van der Waals surface area contributed by atoms with Gasteiger partial charge in [-0.3, -0.25) is 0 Å². The lowest BCUT2D eigenvalue weighted by Gasteiger charge is -2.21. The van der Waals surface area contributed by atoms with Gasteiger partial charge in [-0.15, -0.1) is 0 Å². The molecule has 2 atom stereocenters. The summed E-state index contributed by atoms with van der Waals surface area (Å²) in [4.78, 5) is 15.1. The molecule has 2 aliphatic carbocycles. The first-order valence-corrected chi connectivity index (χ1v) is 10.5. The molecule has 3 heteroatoms. The lowest BCUT2D eigenvalue weighted by Crippen LogP contribution is -2.05. The van der Waals surface area contributed by atoms with Crippen molar-refractivity contribution in [3.8, 4) is 11.3 Å². The number of para-hydroxylation sites is 2. The van der Waals surface area contributed by atoms with Crippen LogP contribution in [0.2, 0.25) is 0 Å². The van der Waals surface area contributed by atoms with Crippen LogP contribution in [-0.4, -0.2) is 15.0 Å². The quantitative estimate of drug-likeness (QED) is 0.253. The maximum absolute atomic E-state index is 5.27. The van der Waals surface area contributed by atoms with Crippen LogP contribution in [0.5, 0.6) is 0 Å². The van der Waals surface area contributed by atoms with Crippen molar-refractivity contribution in [2.75, 3.05) is 0 Å². The number of nitrogens with zero attached hydrogens (tertiary/aromatic N) is 3. The van der Waals surface area contributed by atoms with E-state index in [0.29, 0.717) is 11.8 Å². The zero-order chi connectivity index (χ0) is 18.9. The van der Waals surface area contributed by atoms with Crippen molar-refractivity contribution in [2.24, 2.45) is 0 Å². The fraction of sp³-hybridized carbons (Fsp3) is 0.192. The van der Waals surface area contributed by atoms with Crippen molar-refractivity contribution < 1.29 is 0 Å². The Morgan fingerprint density at radius 2 is 1.31 bits per heavy atom. The zero-order valence-electron chi connectivity index (χ0n) is 16.0. The van der Waals surface area contributed by atoms with E-state index in [0.717, 1.165) is 33.3 Å². The molecule has 5 aromatic rings. The van der Waals surface area contributed by atoms with E-state index in [1.54, 1.807) is 0 Å². The van der Waals surface area contributed by atoms with E-state index in [-0.39, 0.29) is 0 Å². The van der Waals surface area contributed by atoms with Crippen molar-refractivity contribution in [3.05, 3.63) is 77.9 Å². The minimum atomic E-state index is 0.653. The van der Waals surface area contributed by atoms with Gasteiger partial charge in [-0.25, -0.2) is 15.0 Å². The number of fused-ring (bicyclic) bond motifs is 10. The van der Waals surface area contributed by atoms with Crippen molar-refractivity contribution in [3.63, 3.8) is 0 Å². The first-order chi connectivity index (χ1) is 14.4. The number of rotatable bonds is 1. The molecule has 1 saturated carbocycles. The van der Waals surface area contributed by atoms with Crippen LogP contribution >= 0.6 is 0 Å². The Bertz CT molecular complexity index is 1440. The summed E-state index contributed by atoms with van der Waals surface area (Å²) >= 11 is 0. The second-order valence-corrected chi connectivity index (χ2v) is 8.40. The van der Waals surface area contributed by atoms with Gasteiger partial charge in [-0.1, -0.05) is 48.5 Å². The summed E-state index contributed by atoms with van der Waals surface area (Å²) < 4.78 is 0. The van der Waals surface area contributed by atoms with E-state index in [4.69, 9.17) is 15.0 Å². The number of hydrogen-bond acceptors (Lipinski definition) is 3. The zero-order valence-corrected chi connectivity index (χ0v) is 16.0. The fourth-order valence-corrected chi connectivity index (χ4v) is 5.62. The maximum Gasteiger partial charge on any atom is 0.116 e. The highest BCUT2D eigenvalue weighted by Crippen LogP contribution is 2.57. The number of aromatic nitrogens is 3. The van der Waals surface area contributed by atoms with E-state index in [1.165, 1.54) is 41.3 Å². The standard InChI is InChI=1S/C26H19N3/c1-2-6-15(7-3-1)24-23-17-11-10-16(14-17)22(23)18-12-13-21-26(25(18)29-24)28-20-9-5-4-8-19(20)27-21/h1-9,12-13,16-17H,10-11,14H2/t16-,17-/m0/s1. The smallest absolute Gasteiger partial charge is 0.116 e. The molecular formula is C26H19N3. The molecule has 3 nitrogen and oxygen atoms in total. The molecule has 0 N–H and O–H groups in total. The molecule has 0 spiro atoms. The molecule has 0 aliphatic heterocycles. The molecule has 138 valence electrons. The third-order valence-electron chi connectivity index (χ3n) is 6.84. The van der Waals surface area contributed by atoms with Crippen molar-refractivity contribution in [1.29, 1.82) is 0 Å². The van der Waals surface area contributed by atoms with Crippen molar-refractivity contribution >= 4 is 33.0 Å². The van der Waals surface area contributed by atoms with Gasteiger partial charge in [-0.2, -0.15) is 0 Å². The molecular weight excluding hydrogens is 354 g/mol. The highest BCUT2D eigenvalue weighted by Gasteiger charge is 2.40. The Morgan fingerprint density at radius 1 is 0.586 bits per heavy atom. The van der Waals surface area contributed by atoms with Gasteiger partial charge in [0.2, 0.25) is 0 Å². The summed E-state index contributed by atoms with van der Waals surface area (Å²) in [5, 5.41) is 1.28. The molecule has 3 aromatic carbocycles. The van der Waals surface area contributed by atoms with Gasteiger partial charge in [-0.05, 0) is 60.4 Å². The first-order valence-electron chi connectivity index (χ1n) is 10.5. The van der Waals surface area contributed by atoms with Crippen LogP contribution in [0, 0.1) is 0 Å². The molecule has 2 heterocycles. The Balaban J connectivity index is 1.65. The molecule has 7 rings (SSSR count). The third-order valence-corrected chi connectivity index (χ3v) is 6.84. The Morgan fingerprint density at radius 3 is 2.14 bits per heavy atom. The van der Waals surface area contributed by atoms with Crippen LogP contribution in [0.15, 0.2) is 66.7 Å². The van der Waals surface area contributed by atoms with E-state index >= 15 is 0 Å². The maximum atomic E-state index is 5.27. The highest BCUT2D eigenvalue weighted by molar-refractivity contribution is 6.06. The summed E-state index contributed by atoms with van der Waals surface area (Å²) in [6.07, 6.45) is 3.87. The average Bonchev–Trinajstić information content (AvgIpc) is 3.40. The van der Waals surface area contributed by atoms with Gasteiger partial charge in [0.05, 0.1) is 27.8 Å². The lowest BCUT2D eigenvalue weighted by atomic mass is 9.86. The van der Waals surface area contributed by atoms with Crippen LogP contribution in [0.25, 0.3) is 44.2 Å². The van der Waals surface area contributed by atoms with Gasteiger partial charge in [0, 0.05) is 10.9 Å². The minimum absolute atomic E-state index is 0.653. The van der Waals surface area contributed by atoms with E-state index in [2.05, 4.69) is 42.5 Å². The van der Waals surface area contributed by atoms with Crippen molar-refractivity contribution in [1.82, 2.24) is 15.0 Å². The summed E-state index contributed by atoms with van der Waals surface area (Å²) in [5.74, 6) is 1.31. The van der Waals surface area contributed by atoms with Gasteiger partial charge >= 0.3 is 0 Å². The molecule has 2 aromatic heterocycles. The van der Waals surface area contributed by atoms with Crippen LogP contribution in [0.4, 0.5) is 0 Å². The van der Waals surface area contributed by atoms with E-state index in [9.17, 15) is 0 Å². The average molecular weight is 373 g/mol. The Labute approximate surface area is 168 Å². The van der Waals surface area contributed by atoms with Gasteiger partial charge in [0.1, 0.15) is 5.52 Å². The van der Waals surface area contributed by atoms with Gasteiger partial charge in [0.25, 0.3) is 0 Å². The number of pyridine rings is 1. The molecule has 0 radical (unpaired) electrons. The number of benzene rings is 3. The fourth-order valence-electron chi connectivity index (χ4n) is 5.62. The van der Waals surface area contributed by atoms with E-state index < -0.39 is 0 Å². The monoisotopic (exact) mass is 373 g/mol. The predicted octanol–water partition coefficient (Wildman–Crippen LogP) is 6.36. The molecule has 29 heavy (non-hydrogen) atoms. The second kappa shape index (κ2) is 5.60. The lowest BCUT2D eigenvalue weighted by molar-refractivity contribution is 0.720. The second-order valence-electron chi connectivity index (χ2n) is 8.40. The Kier molecular flexibility index (Phi) is 3.01. The summed E-state index contributed by atoms with van der Waals surface area (Å²) in [6, 6.07) is 23.1. The molecule has 0 saturated heterocycles. The summed E-state index contributed by atoms with van der Waals surface area (Å²) in [7, 11) is 0.